The quantitative estimate of drug-likeness (QED) is 0.666. The van der Waals surface area contributed by atoms with Crippen LogP contribution in [0.4, 0.5) is 14.5 Å². The first-order valence-electron chi connectivity index (χ1n) is 8.66. The number of fused-ring (bicyclic) bond motifs is 1. The summed E-state index contributed by atoms with van der Waals surface area (Å²) in [5.41, 5.74) is 2.10. The highest BCUT2D eigenvalue weighted by Crippen LogP contribution is 2.37. The van der Waals surface area contributed by atoms with Crippen LogP contribution in [-0.2, 0) is 22.9 Å². The maximum atomic E-state index is 14.2. The Morgan fingerprint density at radius 1 is 1.18 bits per heavy atom. The number of sulfonamides is 1. The highest BCUT2D eigenvalue weighted by atomic mass is 79.9. The van der Waals surface area contributed by atoms with E-state index < -0.39 is 26.6 Å². The highest BCUT2D eigenvalue weighted by molar-refractivity contribution is 9.10. The topological polar surface area (TPSA) is 58.6 Å². The molecule has 1 atom stereocenters. The van der Waals surface area contributed by atoms with Gasteiger partial charge in [0.05, 0.1) is 17.3 Å². The van der Waals surface area contributed by atoms with Crippen molar-refractivity contribution >= 4 is 31.6 Å². The fourth-order valence-corrected chi connectivity index (χ4v) is 4.95. The Bertz CT molecular complexity index is 1010. The van der Waals surface area contributed by atoms with Crippen LogP contribution in [0.25, 0.3) is 0 Å². The summed E-state index contributed by atoms with van der Waals surface area (Å²) in [6.07, 6.45) is 2.20. The number of ether oxygens (including phenoxy) is 1. The third kappa shape index (κ3) is 4.01. The van der Waals surface area contributed by atoms with Crippen molar-refractivity contribution < 1.29 is 21.9 Å². The minimum absolute atomic E-state index is 0.138. The molecule has 0 aliphatic heterocycles. The molecule has 0 fully saturated rings. The third-order valence-corrected chi connectivity index (χ3v) is 7.00. The van der Waals surface area contributed by atoms with Crippen molar-refractivity contribution in [3.8, 4) is 5.75 Å². The minimum Gasteiger partial charge on any atom is -0.496 e. The molecule has 9 heteroatoms. The number of halogens is 3. The molecule has 152 valence electrons. The van der Waals surface area contributed by atoms with Gasteiger partial charge in [0.15, 0.2) is 0 Å². The van der Waals surface area contributed by atoms with Crippen LogP contribution in [-0.4, -0.2) is 40.6 Å². The maximum absolute atomic E-state index is 14.2. The molecule has 0 saturated carbocycles. The summed E-state index contributed by atoms with van der Waals surface area (Å²) in [5, 5.41) is 0. The number of methoxy groups -OCH3 is 1. The molecule has 3 rings (SSSR count). The van der Waals surface area contributed by atoms with Crippen molar-refractivity contribution in [2.24, 2.45) is 0 Å². The molecule has 5 nitrogen and oxygen atoms in total. The van der Waals surface area contributed by atoms with E-state index in [0.717, 1.165) is 23.6 Å². The third-order valence-electron chi connectivity index (χ3n) is 5.01. The number of likely N-dealkylation sites (N-methyl/N-ethyl adjacent to an activating group) is 1. The Hall–Kier alpha value is -1.71. The number of benzene rings is 2. The van der Waals surface area contributed by atoms with Gasteiger partial charge in [0.2, 0.25) is 0 Å². The van der Waals surface area contributed by atoms with E-state index in [9.17, 15) is 17.2 Å². The van der Waals surface area contributed by atoms with E-state index in [4.69, 9.17) is 4.74 Å². The number of nitrogens with zero attached hydrogens (tertiary/aromatic N) is 1. The van der Waals surface area contributed by atoms with Gasteiger partial charge in [-0.1, -0.05) is 0 Å². The Balaban J connectivity index is 2.02. The summed E-state index contributed by atoms with van der Waals surface area (Å²) >= 11 is 2.85. The van der Waals surface area contributed by atoms with E-state index in [-0.39, 0.29) is 4.47 Å². The molecule has 1 aliphatic rings. The summed E-state index contributed by atoms with van der Waals surface area (Å²) in [6, 6.07) is 5.06. The zero-order valence-corrected chi connectivity index (χ0v) is 18.1. The van der Waals surface area contributed by atoms with Gasteiger partial charge in [-0.05, 0) is 79.1 Å². The zero-order valence-electron chi connectivity index (χ0n) is 15.7. The Morgan fingerprint density at radius 3 is 2.54 bits per heavy atom. The van der Waals surface area contributed by atoms with Crippen LogP contribution in [0.15, 0.2) is 33.6 Å². The standard InChI is InChI=1S/C19H21BrF2N2O3S/c1-24(2)11-4-5-12-13(8-11)18(27-3)7-6-17(12)23-28(25,26)19-10-15(21)14(20)9-16(19)22/h6-7,9-11,23H,4-5,8H2,1-3H3. The summed E-state index contributed by atoms with van der Waals surface area (Å²) in [5.74, 6) is -1.20. The molecule has 0 saturated heterocycles. The lowest BCUT2D eigenvalue weighted by Gasteiger charge is -2.32. The fraction of sp³-hybridized carbons (Fsp3) is 0.368. The van der Waals surface area contributed by atoms with E-state index >= 15 is 0 Å². The normalized spacial score (nSPS) is 16.8. The van der Waals surface area contributed by atoms with E-state index in [1.165, 1.54) is 0 Å². The molecular weight excluding hydrogens is 454 g/mol. The van der Waals surface area contributed by atoms with Crippen LogP contribution in [0.1, 0.15) is 17.5 Å². The molecule has 2 aromatic rings. The zero-order chi connectivity index (χ0) is 20.6. The van der Waals surface area contributed by atoms with Gasteiger partial charge in [-0.15, -0.1) is 0 Å². The molecular formula is C19H21BrF2N2O3S. The summed E-state index contributed by atoms with van der Waals surface area (Å²) < 4.78 is 61.2. The van der Waals surface area contributed by atoms with Gasteiger partial charge < -0.3 is 9.64 Å². The van der Waals surface area contributed by atoms with Crippen LogP contribution < -0.4 is 9.46 Å². The van der Waals surface area contributed by atoms with E-state index in [1.54, 1.807) is 19.2 Å². The molecule has 0 spiro atoms. The van der Waals surface area contributed by atoms with Crippen LogP contribution >= 0.6 is 15.9 Å². The molecule has 0 aromatic heterocycles. The van der Waals surface area contributed by atoms with Crippen molar-refractivity contribution in [3.63, 3.8) is 0 Å². The lowest BCUT2D eigenvalue weighted by molar-refractivity contribution is 0.265. The van der Waals surface area contributed by atoms with Crippen molar-refractivity contribution in [1.82, 2.24) is 4.90 Å². The van der Waals surface area contributed by atoms with Gasteiger partial charge in [0.25, 0.3) is 10.0 Å². The number of anilines is 1. The fourth-order valence-electron chi connectivity index (χ4n) is 3.47. The lowest BCUT2D eigenvalue weighted by Crippen LogP contribution is -2.34. The van der Waals surface area contributed by atoms with Crippen molar-refractivity contribution in [3.05, 3.63) is 51.5 Å². The average Bonchev–Trinajstić information content (AvgIpc) is 2.64. The van der Waals surface area contributed by atoms with E-state index in [0.29, 0.717) is 36.4 Å². The van der Waals surface area contributed by atoms with Crippen molar-refractivity contribution in [2.75, 3.05) is 25.9 Å². The lowest BCUT2D eigenvalue weighted by atomic mass is 9.86. The second-order valence-corrected chi connectivity index (χ2v) is 9.44. The Morgan fingerprint density at radius 2 is 1.89 bits per heavy atom. The van der Waals surface area contributed by atoms with Crippen LogP contribution in [0, 0.1) is 11.6 Å². The number of hydrogen-bond donors (Lipinski definition) is 1. The van der Waals surface area contributed by atoms with Gasteiger partial charge in [0.1, 0.15) is 22.3 Å². The number of rotatable bonds is 5. The largest absolute Gasteiger partial charge is 0.496 e. The smallest absolute Gasteiger partial charge is 0.264 e. The Kier molecular flexibility index (Phi) is 5.97. The molecule has 1 aliphatic carbocycles. The predicted octanol–water partition coefficient (Wildman–Crippen LogP) is 3.96. The summed E-state index contributed by atoms with van der Waals surface area (Å²) in [4.78, 5) is 1.39. The average molecular weight is 475 g/mol. The van der Waals surface area contributed by atoms with Gasteiger partial charge in [0, 0.05) is 11.6 Å². The Labute approximate surface area is 171 Å². The van der Waals surface area contributed by atoms with E-state index in [1.807, 2.05) is 14.1 Å². The van der Waals surface area contributed by atoms with Gasteiger partial charge in [-0.25, -0.2) is 17.2 Å². The first-order valence-corrected chi connectivity index (χ1v) is 10.9. The molecule has 0 radical (unpaired) electrons. The second-order valence-electron chi connectivity index (χ2n) is 6.93. The SMILES string of the molecule is COc1ccc(NS(=O)(=O)c2cc(F)c(Br)cc2F)c2c1CC(N(C)C)CC2. The highest BCUT2D eigenvalue weighted by Gasteiger charge is 2.28. The van der Waals surface area contributed by atoms with Gasteiger partial charge in [-0.2, -0.15) is 0 Å². The molecule has 1 N–H and O–H groups in total. The number of nitrogens with one attached hydrogen (secondary N) is 1. The predicted molar refractivity (Wildman–Crippen MR) is 107 cm³/mol. The maximum Gasteiger partial charge on any atom is 0.264 e. The van der Waals surface area contributed by atoms with Crippen LogP contribution in [0.3, 0.4) is 0 Å². The molecule has 1 unspecified atom stereocenters. The molecule has 28 heavy (non-hydrogen) atoms. The monoisotopic (exact) mass is 474 g/mol. The van der Waals surface area contributed by atoms with Crippen molar-refractivity contribution in [1.29, 1.82) is 0 Å². The first-order chi connectivity index (χ1) is 13.1. The summed E-state index contributed by atoms with van der Waals surface area (Å²) in [6.45, 7) is 0. The molecule has 2 aromatic carbocycles. The van der Waals surface area contributed by atoms with Crippen LogP contribution in [0.5, 0.6) is 5.75 Å². The summed E-state index contributed by atoms with van der Waals surface area (Å²) in [7, 11) is 1.26. The molecule has 0 bridgehead atoms. The van der Waals surface area contributed by atoms with Crippen LogP contribution in [0.2, 0.25) is 0 Å². The van der Waals surface area contributed by atoms with Crippen molar-refractivity contribution in [2.45, 2.75) is 30.2 Å². The van der Waals surface area contributed by atoms with Gasteiger partial charge in [-0.3, -0.25) is 4.72 Å². The van der Waals surface area contributed by atoms with Gasteiger partial charge >= 0.3 is 0 Å². The number of hydrogen-bond acceptors (Lipinski definition) is 4. The molecule has 0 amide bonds. The minimum atomic E-state index is -4.30. The second kappa shape index (κ2) is 7.96. The molecule has 0 heterocycles. The van der Waals surface area contributed by atoms with E-state index in [2.05, 4.69) is 25.6 Å². The first kappa shape index (κ1) is 21.0.